The molecule has 0 radical (unpaired) electrons. The van der Waals surface area contributed by atoms with E-state index in [1.807, 2.05) is 19.9 Å². The number of quaternary nitrogens is 1. The van der Waals surface area contributed by atoms with Gasteiger partial charge in [-0.2, -0.15) is 4.31 Å². The quantitative estimate of drug-likeness (QED) is 0.733. The molecule has 6 nitrogen and oxygen atoms in total. The number of carbonyl (C=O) groups is 1. The van der Waals surface area contributed by atoms with Crippen LogP contribution in [0.5, 0.6) is 0 Å². The number of nitrogens with one attached hydrogen (secondary N) is 2. The topological polar surface area (TPSA) is 70.9 Å². The third-order valence-electron chi connectivity index (χ3n) is 5.18. The Kier molecular flexibility index (Phi) is 6.49. The van der Waals surface area contributed by atoms with Gasteiger partial charge in [0.2, 0.25) is 10.0 Å². The third kappa shape index (κ3) is 4.60. The van der Waals surface area contributed by atoms with Crippen molar-refractivity contribution in [2.24, 2.45) is 0 Å². The molecule has 1 aliphatic heterocycles. The lowest BCUT2D eigenvalue weighted by molar-refractivity contribution is -0.907. The minimum Gasteiger partial charge on any atom is -0.323 e. The molecule has 1 atom stereocenters. The average molecular weight is 403 g/mol. The minimum atomic E-state index is -3.54. The van der Waals surface area contributed by atoms with Gasteiger partial charge >= 0.3 is 0 Å². The van der Waals surface area contributed by atoms with Crippen LogP contribution >= 0.6 is 0 Å². The second-order valence-corrected chi connectivity index (χ2v) is 8.98. The zero-order chi connectivity index (χ0) is 20.1. The van der Waals surface area contributed by atoms with Crippen molar-refractivity contribution < 1.29 is 18.1 Å². The van der Waals surface area contributed by atoms with Crippen molar-refractivity contribution in [1.82, 2.24) is 4.31 Å². The van der Waals surface area contributed by atoms with Crippen LogP contribution in [0.4, 0.5) is 5.69 Å². The maximum atomic E-state index is 12.7. The summed E-state index contributed by atoms with van der Waals surface area (Å²) in [6, 6.07) is 14.8. The predicted molar refractivity (Wildman–Crippen MR) is 110 cm³/mol. The van der Waals surface area contributed by atoms with Gasteiger partial charge in [0.25, 0.3) is 5.91 Å². The molecule has 0 fully saturated rings. The van der Waals surface area contributed by atoms with Crippen molar-refractivity contribution in [3.63, 3.8) is 0 Å². The first-order valence-corrected chi connectivity index (χ1v) is 11.2. The lowest BCUT2D eigenvalue weighted by Crippen LogP contribution is -3.12. The summed E-state index contributed by atoms with van der Waals surface area (Å²) in [7, 11) is -3.54. The molecular formula is C21H28N3O3S+. The highest BCUT2D eigenvalue weighted by atomic mass is 32.2. The molecule has 0 aromatic heterocycles. The fraction of sp³-hybridized carbons (Fsp3) is 0.381. The molecule has 0 saturated carbocycles. The van der Waals surface area contributed by atoms with E-state index in [9.17, 15) is 13.2 Å². The number of amides is 1. The summed E-state index contributed by atoms with van der Waals surface area (Å²) >= 11 is 0. The van der Waals surface area contributed by atoms with E-state index in [-0.39, 0.29) is 10.8 Å². The van der Waals surface area contributed by atoms with Gasteiger partial charge in [-0.3, -0.25) is 4.79 Å². The van der Waals surface area contributed by atoms with Crippen LogP contribution in [0, 0.1) is 0 Å². The lowest BCUT2D eigenvalue weighted by atomic mass is 10.00. The van der Waals surface area contributed by atoms with Crippen LogP contribution in [0.3, 0.4) is 0 Å². The normalized spacial score (nSPS) is 16.6. The van der Waals surface area contributed by atoms with Crippen molar-refractivity contribution in [1.29, 1.82) is 0 Å². The molecule has 1 heterocycles. The van der Waals surface area contributed by atoms with Gasteiger partial charge < -0.3 is 10.2 Å². The number of hydrogen-bond donors (Lipinski definition) is 2. The van der Waals surface area contributed by atoms with Gasteiger partial charge in [-0.1, -0.05) is 44.2 Å². The number of benzene rings is 2. The lowest BCUT2D eigenvalue weighted by Gasteiger charge is -2.25. The summed E-state index contributed by atoms with van der Waals surface area (Å²) in [4.78, 5) is 13.9. The Balaban J connectivity index is 1.65. The first-order chi connectivity index (χ1) is 13.4. The minimum absolute atomic E-state index is 0.105. The molecule has 7 heteroatoms. The Labute approximate surface area is 167 Å². The SMILES string of the molecule is CCN(CC)S(=O)(=O)c1cccc(NC(=O)C[NH+]2CCc3ccccc3C2)c1. The van der Waals surface area contributed by atoms with Crippen LogP contribution in [0.2, 0.25) is 0 Å². The zero-order valence-electron chi connectivity index (χ0n) is 16.4. The number of rotatable bonds is 7. The first-order valence-electron chi connectivity index (χ1n) is 9.74. The van der Waals surface area contributed by atoms with Gasteiger partial charge in [-0.25, -0.2) is 8.42 Å². The number of sulfonamides is 1. The fourth-order valence-electron chi connectivity index (χ4n) is 3.67. The molecule has 1 aliphatic rings. The summed E-state index contributed by atoms with van der Waals surface area (Å²) < 4.78 is 26.8. The maximum Gasteiger partial charge on any atom is 0.279 e. The van der Waals surface area contributed by atoms with Gasteiger partial charge in [-0.15, -0.1) is 0 Å². The van der Waals surface area contributed by atoms with E-state index in [1.54, 1.807) is 18.2 Å². The largest absolute Gasteiger partial charge is 0.323 e. The van der Waals surface area contributed by atoms with Crippen LogP contribution < -0.4 is 10.2 Å². The second kappa shape index (κ2) is 8.86. The van der Waals surface area contributed by atoms with Crippen molar-refractivity contribution >= 4 is 21.6 Å². The third-order valence-corrected chi connectivity index (χ3v) is 7.22. The summed E-state index contributed by atoms with van der Waals surface area (Å²) in [5.41, 5.74) is 3.17. The molecule has 0 spiro atoms. The highest BCUT2D eigenvalue weighted by molar-refractivity contribution is 7.89. The summed E-state index contributed by atoms with van der Waals surface area (Å²) in [5, 5.41) is 2.86. The van der Waals surface area contributed by atoms with Gasteiger partial charge in [0, 0.05) is 30.8 Å². The molecule has 150 valence electrons. The number of carbonyl (C=O) groups excluding carboxylic acids is 1. The van der Waals surface area contributed by atoms with Crippen LogP contribution in [0.1, 0.15) is 25.0 Å². The van der Waals surface area contributed by atoms with Crippen molar-refractivity contribution in [3.8, 4) is 0 Å². The molecule has 3 rings (SSSR count). The van der Waals surface area contributed by atoms with Crippen LogP contribution in [0.15, 0.2) is 53.4 Å². The monoisotopic (exact) mass is 402 g/mol. The van der Waals surface area contributed by atoms with E-state index in [1.165, 1.54) is 26.4 Å². The molecule has 28 heavy (non-hydrogen) atoms. The van der Waals surface area contributed by atoms with E-state index in [0.29, 0.717) is 25.3 Å². The van der Waals surface area contributed by atoms with E-state index in [4.69, 9.17) is 0 Å². The summed E-state index contributed by atoms with van der Waals surface area (Å²) in [6.07, 6.45) is 0.969. The molecule has 2 N–H and O–H groups in total. The Hall–Kier alpha value is -2.22. The number of hydrogen-bond acceptors (Lipinski definition) is 3. The number of nitrogens with zero attached hydrogens (tertiary/aromatic N) is 1. The fourth-order valence-corrected chi connectivity index (χ4v) is 5.18. The van der Waals surface area contributed by atoms with Crippen LogP contribution in [-0.4, -0.2) is 44.8 Å². The zero-order valence-corrected chi connectivity index (χ0v) is 17.3. The Morgan fingerprint density at radius 1 is 1.07 bits per heavy atom. The number of fused-ring (bicyclic) bond motifs is 1. The molecule has 2 aromatic rings. The van der Waals surface area contributed by atoms with Crippen LogP contribution in [0.25, 0.3) is 0 Å². The maximum absolute atomic E-state index is 12.7. The van der Waals surface area contributed by atoms with Gasteiger partial charge in [0.1, 0.15) is 6.54 Å². The van der Waals surface area contributed by atoms with Crippen molar-refractivity contribution in [3.05, 3.63) is 59.7 Å². The summed E-state index contributed by atoms with van der Waals surface area (Å²) in [6.45, 7) is 6.56. The van der Waals surface area contributed by atoms with E-state index in [0.717, 1.165) is 19.5 Å². The van der Waals surface area contributed by atoms with Crippen LogP contribution in [-0.2, 0) is 27.8 Å². The second-order valence-electron chi connectivity index (χ2n) is 7.04. The molecule has 0 saturated heterocycles. The molecule has 1 unspecified atom stereocenters. The van der Waals surface area contributed by atoms with Gasteiger partial charge in [-0.05, 0) is 23.8 Å². The first kappa shape index (κ1) is 20.5. The Bertz CT molecular complexity index is 939. The van der Waals surface area contributed by atoms with Crippen molar-refractivity contribution in [2.45, 2.75) is 31.7 Å². The molecular weight excluding hydrogens is 374 g/mol. The summed E-state index contributed by atoms with van der Waals surface area (Å²) in [5.74, 6) is -0.105. The highest BCUT2D eigenvalue weighted by Crippen LogP contribution is 2.19. The standard InChI is InChI=1S/C21H27N3O3S/c1-3-24(4-2)28(26,27)20-11-7-10-19(14-20)22-21(25)16-23-13-12-17-8-5-6-9-18(17)15-23/h5-11,14H,3-4,12-13,15-16H2,1-2H3,(H,22,25)/p+1. The number of anilines is 1. The van der Waals surface area contributed by atoms with Crippen molar-refractivity contribution in [2.75, 3.05) is 31.5 Å². The smallest absolute Gasteiger partial charge is 0.279 e. The van der Waals surface area contributed by atoms with E-state index < -0.39 is 10.0 Å². The highest BCUT2D eigenvalue weighted by Gasteiger charge is 2.23. The van der Waals surface area contributed by atoms with E-state index in [2.05, 4.69) is 23.5 Å². The molecule has 0 aliphatic carbocycles. The van der Waals surface area contributed by atoms with Gasteiger partial charge in [0.05, 0.1) is 11.4 Å². The Morgan fingerprint density at radius 2 is 1.79 bits per heavy atom. The van der Waals surface area contributed by atoms with E-state index >= 15 is 0 Å². The molecule has 0 bridgehead atoms. The predicted octanol–water partition coefficient (Wildman–Crippen LogP) is 1.30. The molecule has 2 aromatic carbocycles. The van der Waals surface area contributed by atoms with Gasteiger partial charge in [0.15, 0.2) is 6.54 Å². The average Bonchev–Trinajstić information content (AvgIpc) is 2.68. The molecule has 1 amide bonds. The Morgan fingerprint density at radius 3 is 2.50 bits per heavy atom.